The Hall–Kier alpha value is -0.450. The quantitative estimate of drug-likeness (QED) is 0.632. The van der Waals surface area contributed by atoms with E-state index in [9.17, 15) is 4.79 Å². The molecule has 4 aliphatic carbocycles. The summed E-state index contributed by atoms with van der Waals surface area (Å²) in [6.45, 7) is 8.08. The number of hydrogen-bond donors (Lipinski definition) is 0. The number of ether oxygens (including phenoxy) is 3. The van der Waals surface area contributed by atoms with Crippen LogP contribution in [0.4, 0.5) is 0 Å². The van der Waals surface area contributed by atoms with Gasteiger partial charge in [-0.3, -0.25) is 4.79 Å². The van der Waals surface area contributed by atoms with Crippen molar-refractivity contribution in [3.8, 4) is 0 Å². The number of ketones is 1. The average Bonchev–Trinajstić information content (AvgIpc) is 2.93. The average molecular weight is 393 g/mol. The molecule has 28 heavy (non-hydrogen) atoms. The maximum absolute atomic E-state index is 12.9. The SMILES string of the molecule is COC[C@]12CCC(OC)(OC)C[C@H]1CC[C@@H]1[C@]2(C)CC[C@]2(C)C(=O)CC[C@@]12C. The normalized spacial score (nSPS) is 50.0. The highest BCUT2D eigenvalue weighted by atomic mass is 16.7. The van der Waals surface area contributed by atoms with Crippen molar-refractivity contribution in [1.29, 1.82) is 0 Å². The molecular weight excluding hydrogens is 352 g/mol. The topological polar surface area (TPSA) is 44.8 Å². The molecule has 4 heteroatoms. The number of rotatable bonds is 4. The zero-order valence-corrected chi connectivity index (χ0v) is 18.9. The third-order valence-electron chi connectivity index (χ3n) is 10.8. The van der Waals surface area contributed by atoms with E-state index in [-0.39, 0.29) is 21.7 Å². The lowest BCUT2D eigenvalue weighted by Crippen LogP contribution is -2.66. The Bertz CT molecular complexity index is 643. The van der Waals surface area contributed by atoms with Crippen LogP contribution in [-0.4, -0.2) is 39.5 Å². The summed E-state index contributed by atoms with van der Waals surface area (Å²) in [6.07, 6.45) is 9.39. The minimum Gasteiger partial charge on any atom is -0.384 e. The first-order valence-corrected chi connectivity index (χ1v) is 11.3. The zero-order valence-electron chi connectivity index (χ0n) is 18.9. The molecule has 4 fully saturated rings. The fraction of sp³-hybridized carbons (Fsp3) is 0.958. The maximum atomic E-state index is 12.9. The predicted molar refractivity (Wildman–Crippen MR) is 109 cm³/mol. The summed E-state index contributed by atoms with van der Waals surface area (Å²) in [5.74, 6) is 1.21. The summed E-state index contributed by atoms with van der Waals surface area (Å²) < 4.78 is 17.7. The van der Waals surface area contributed by atoms with Crippen molar-refractivity contribution in [3.05, 3.63) is 0 Å². The molecule has 0 spiro atoms. The van der Waals surface area contributed by atoms with Gasteiger partial charge in [0.25, 0.3) is 0 Å². The van der Waals surface area contributed by atoms with E-state index in [1.165, 1.54) is 12.8 Å². The van der Waals surface area contributed by atoms with Crippen LogP contribution in [0, 0.1) is 33.5 Å². The molecule has 4 aliphatic rings. The molecule has 0 unspecified atom stereocenters. The van der Waals surface area contributed by atoms with E-state index in [1.54, 1.807) is 14.2 Å². The predicted octanol–water partition coefficient (Wildman–Crippen LogP) is 4.99. The Morgan fingerprint density at radius 2 is 1.61 bits per heavy atom. The number of carbonyl (C=O) groups excluding carboxylic acids is 1. The first-order valence-electron chi connectivity index (χ1n) is 11.3. The van der Waals surface area contributed by atoms with Crippen LogP contribution < -0.4 is 0 Å². The van der Waals surface area contributed by atoms with Crippen molar-refractivity contribution in [2.24, 2.45) is 33.5 Å². The van der Waals surface area contributed by atoms with Gasteiger partial charge in [0.05, 0.1) is 6.61 Å². The molecule has 0 N–H and O–H groups in total. The third-order valence-corrected chi connectivity index (χ3v) is 10.8. The van der Waals surface area contributed by atoms with Gasteiger partial charge >= 0.3 is 0 Å². The Kier molecular flexibility index (Phi) is 4.85. The molecule has 6 atom stereocenters. The van der Waals surface area contributed by atoms with Crippen molar-refractivity contribution in [1.82, 2.24) is 0 Å². The summed E-state index contributed by atoms with van der Waals surface area (Å²) in [6, 6.07) is 0. The van der Waals surface area contributed by atoms with Crippen LogP contribution in [0.15, 0.2) is 0 Å². The molecule has 0 bridgehead atoms. The second-order valence-electron chi connectivity index (χ2n) is 11.0. The minimum atomic E-state index is -0.443. The van der Waals surface area contributed by atoms with Gasteiger partial charge in [0, 0.05) is 51.4 Å². The summed E-state index contributed by atoms with van der Waals surface area (Å²) in [5.41, 5.74) is 0.356. The van der Waals surface area contributed by atoms with Gasteiger partial charge in [0.15, 0.2) is 5.79 Å². The van der Waals surface area contributed by atoms with Gasteiger partial charge < -0.3 is 14.2 Å². The monoisotopic (exact) mass is 392 g/mol. The fourth-order valence-corrected chi connectivity index (χ4v) is 8.70. The fourth-order valence-electron chi connectivity index (χ4n) is 8.70. The van der Waals surface area contributed by atoms with E-state index in [2.05, 4.69) is 20.8 Å². The number of fused-ring (bicyclic) bond motifs is 5. The van der Waals surface area contributed by atoms with Gasteiger partial charge in [0.2, 0.25) is 0 Å². The highest BCUT2D eigenvalue weighted by Gasteiger charge is 2.71. The van der Waals surface area contributed by atoms with Crippen molar-refractivity contribution in [2.75, 3.05) is 27.9 Å². The van der Waals surface area contributed by atoms with Gasteiger partial charge in [-0.15, -0.1) is 0 Å². The summed E-state index contributed by atoms with van der Waals surface area (Å²) in [5, 5.41) is 0. The lowest BCUT2D eigenvalue weighted by Gasteiger charge is -2.70. The number of hydrogen-bond acceptors (Lipinski definition) is 4. The molecule has 4 saturated carbocycles. The highest BCUT2D eigenvalue weighted by Crippen LogP contribution is 2.75. The molecule has 0 saturated heterocycles. The molecule has 0 radical (unpaired) electrons. The summed E-state index contributed by atoms with van der Waals surface area (Å²) >= 11 is 0. The molecule has 4 nitrogen and oxygen atoms in total. The van der Waals surface area contributed by atoms with Gasteiger partial charge in [-0.2, -0.15) is 0 Å². The second kappa shape index (κ2) is 6.52. The van der Waals surface area contributed by atoms with E-state index in [0.717, 1.165) is 51.6 Å². The Morgan fingerprint density at radius 1 is 0.893 bits per heavy atom. The first-order chi connectivity index (χ1) is 13.2. The molecule has 0 heterocycles. The molecule has 0 aromatic heterocycles. The maximum Gasteiger partial charge on any atom is 0.167 e. The molecule has 0 aliphatic heterocycles. The second-order valence-corrected chi connectivity index (χ2v) is 11.0. The van der Waals surface area contributed by atoms with Crippen LogP contribution in [0.3, 0.4) is 0 Å². The van der Waals surface area contributed by atoms with Gasteiger partial charge in [-0.05, 0) is 61.2 Å². The molecule has 4 rings (SSSR count). The van der Waals surface area contributed by atoms with Crippen molar-refractivity contribution >= 4 is 5.78 Å². The van der Waals surface area contributed by atoms with E-state index in [1.807, 2.05) is 7.11 Å². The first kappa shape index (κ1) is 20.8. The van der Waals surface area contributed by atoms with Crippen LogP contribution in [-0.2, 0) is 19.0 Å². The highest BCUT2D eigenvalue weighted by molar-refractivity contribution is 5.88. The van der Waals surface area contributed by atoms with E-state index in [4.69, 9.17) is 14.2 Å². The van der Waals surface area contributed by atoms with Crippen LogP contribution in [0.5, 0.6) is 0 Å². The van der Waals surface area contributed by atoms with Crippen molar-refractivity contribution in [2.45, 2.75) is 84.3 Å². The molecule has 160 valence electrons. The van der Waals surface area contributed by atoms with Crippen LogP contribution >= 0.6 is 0 Å². The van der Waals surface area contributed by atoms with Crippen molar-refractivity contribution in [3.63, 3.8) is 0 Å². The van der Waals surface area contributed by atoms with E-state index < -0.39 is 5.79 Å². The van der Waals surface area contributed by atoms with Crippen LogP contribution in [0.1, 0.15) is 78.6 Å². The molecular formula is C24H40O4. The van der Waals surface area contributed by atoms with Crippen molar-refractivity contribution < 1.29 is 19.0 Å². The Morgan fingerprint density at radius 3 is 2.25 bits per heavy atom. The minimum absolute atomic E-state index is 0.125. The number of carbonyl (C=O) groups is 1. The van der Waals surface area contributed by atoms with Crippen LogP contribution in [0.2, 0.25) is 0 Å². The Labute approximate surface area is 171 Å². The lowest BCUT2D eigenvalue weighted by atomic mass is 9.35. The molecule has 0 aromatic rings. The molecule has 0 amide bonds. The third kappa shape index (κ3) is 2.32. The molecule has 0 aromatic carbocycles. The smallest absolute Gasteiger partial charge is 0.167 e. The van der Waals surface area contributed by atoms with Gasteiger partial charge in [-0.25, -0.2) is 0 Å². The summed E-state index contributed by atoms with van der Waals surface area (Å²) in [4.78, 5) is 12.9. The number of Topliss-reactive ketones (excluding diaryl/α,β-unsaturated/α-hetero) is 1. The summed E-state index contributed by atoms with van der Waals surface area (Å²) in [7, 11) is 5.44. The van der Waals surface area contributed by atoms with E-state index in [0.29, 0.717) is 17.6 Å². The standard InChI is InChI=1S/C24H40O4/c1-20-10-9-19(25)22(20,3)12-11-21(2)18(20)8-7-17-15-24(27-5,28-6)14-13-23(17,21)16-26-4/h17-18H,7-16H2,1-6H3/t17-,18+,20+,21+,22-,23-/m1/s1. The largest absolute Gasteiger partial charge is 0.384 e. The van der Waals surface area contributed by atoms with Gasteiger partial charge in [-0.1, -0.05) is 20.8 Å². The van der Waals surface area contributed by atoms with Crippen LogP contribution in [0.25, 0.3) is 0 Å². The number of methoxy groups -OCH3 is 3. The van der Waals surface area contributed by atoms with Gasteiger partial charge in [0.1, 0.15) is 5.78 Å². The zero-order chi connectivity index (χ0) is 20.4. The lowest BCUT2D eigenvalue weighted by molar-refractivity contribution is -0.290. The van der Waals surface area contributed by atoms with E-state index >= 15 is 0 Å². The Balaban J connectivity index is 1.76.